The first-order valence-corrected chi connectivity index (χ1v) is 4.52. The molecule has 1 aromatic heterocycles. The van der Waals surface area contributed by atoms with Crippen LogP contribution >= 0.6 is 0 Å². The number of carbonyl (C=O) groups is 2. The van der Waals surface area contributed by atoms with Gasteiger partial charge in [0.05, 0.1) is 6.42 Å². The molecule has 0 aromatic carbocycles. The first kappa shape index (κ1) is 11.2. The Kier molecular flexibility index (Phi) is 3.79. The second-order valence-electron chi connectivity index (χ2n) is 3.09. The van der Waals surface area contributed by atoms with E-state index in [1.54, 1.807) is 25.3 Å². The van der Waals surface area contributed by atoms with Gasteiger partial charge in [0.25, 0.3) is 5.91 Å². The molecule has 15 heavy (non-hydrogen) atoms. The molecule has 0 radical (unpaired) electrons. The SMILES string of the molecule is Cc1cc(C(=O)NCCC(=O)O)ccn1. The summed E-state index contributed by atoms with van der Waals surface area (Å²) in [5, 5.41) is 10.9. The van der Waals surface area contributed by atoms with Gasteiger partial charge in [0, 0.05) is 24.0 Å². The van der Waals surface area contributed by atoms with Crippen LogP contribution in [0.1, 0.15) is 22.5 Å². The lowest BCUT2D eigenvalue weighted by atomic mass is 10.2. The highest BCUT2D eigenvalue weighted by atomic mass is 16.4. The van der Waals surface area contributed by atoms with Gasteiger partial charge >= 0.3 is 5.97 Å². The minimum atomic E-state index is -0.929. The number of hydrogen-bond acceptors (Lipinski definition) is 3. The fourth-order valence-electron chi connectivity index (χ4n) is 1.07. The van der Waals surface area contributed by atoms with Crippen LogP contribution in [-0.4, -0.2) is 28.5 Å². The lowest BCUT2D eigenvalue weighted by Gasteiger charge is -2.03. The third kappa shape index (κ3) is 3.76. The minimum absolute atomic E-state index is 0.0736. The second kappa shape index (κ2) is 5.09. The Labute approximate surface area is 87.1 Å². The molecule has 0 aliphatic heterocycles. The number of hydrogen-bond donors (Lipinski definition) is 2. The highest BCUT2D eigenvalue weighted by Crippen LogP contribution is 2.00. The average Bonchev–Trinajstić information content (AvgIpc) is 2.17. The second-order valence-corrected chi connectivity index (χ2v) is 3.09. The largest absolute Gasteiger partial charge is 0.481 e. The fraction of sp³-hybridized carbons (Fsp3) is 0.300. The van der Waals surface area contributed by atoms with Gasteiger partial charge in [-0.25, -0.2) is 0 Å². The van der Waals surface area contributed by atoms with Gasteiger partial charge in [-0.2, -0.15) is 0 Å². The first-order chi connectivity index (χ1) is 7.09. The molecule has 0 saturated heterocycles. The maximum Gasteiger partial charge on any atom is 0.305 e. The molecule has 5 heteroatoms. The van der Waals surface area contributed by atoms with E-state index < -0.39 is 5.97 Å². The quantitative estimate of drug-likeness (QED) is 0.759. The summed E-state index contributed by atoms with van der Waals surface area (Å²) in [6.07, 6.45) is 1.47. The van der Waals surface area contributed by atoms with Crippen molar-refractivity contribution in [3.05, 3.63) is 29.6 Å². The Hall–Kier alpha value is -1.91. The third-order valence-electron chi connectivity index (χ3n) is 1.78. The van der Waals surface area contributed by atoms with E-state index in [4.69, 9.17) is 5.11 Å². The molecule has 0 saturated carbocycles. The molecule has 0 fully saturated rings. The number of carboxylic acid groups (broad SMARTS) is 1. The predicted molar refractivity (Wildman–Crippen MR) is 53.6 cm³/mol. The van der Waals surface area contributed by atoms with E-state index >= 15 is 0 Å². The summed E-state index contributed by atoms with van der Waals surface area (Å²) >= 11 is 0. The van der Waals surface area contributed by atoms with Gasteiger partial charge in [-0.15, -0.1) is 0 Å². The van der Waals surface area contributed by atoms with Gasteiger partial charge in [0.2, 0.25) is 0 Å². The van der Waals surface area contributed by atoms with Crippen molar-refractivity contribution in [2.75, 3.05) is 6.54 Å². The molecule has 1 rings (SSSR count). The number of aromatic nitrogens is 1. The van der Waals surface area contributed by atoms with Crippen LogP contribution in [-0.2, 0) is 4.79 Å². The van der Waals surface area contributed by atoms with Crippen molar-refractivity contribution in [3.63, 3.8) is 0 Å². The Morgan fingerprint density at radius 3 is 2.87 bits per heavy atom. The summed E-state index contributed by atoms with van der Waals surface area (Å²) in [6.45, 7) is 1.92. The molecule has 0 aliphatic rings. The van der Waals surface area contributed by atoms with Crippen LogP contribution < -0.4 is 5.32 Å². The van der Waals surface area contributed by atoms with Crippen LogP contribution in [0.3, 0.4) is 0 Å². The van der Waals surface area contributed by atoms with E-state index in [2.05, 4.69) is 10.3 Å². The maximum atomic E-state index is 11.4. The zero-order valence-corrected chi connectivity index (χ0v) is 8.36. The summed E-state index contributed by atoms with van der Waals surface area (Å²) in [5.41, 5.74) is 1.24. The topological polar surface area (TPSA) is 79.3 Å². The Balaban J connectivity index is 2.50. The van der Waals surface area contributed by atoms with Crippen LogP contribution in [0.15, 0.2) is 18.3 Å². The minimum Gasteiger partial charge on any atom is -0.481 e. The third-order valence-corrected chi connectivity index (χ3v) is 1.78. The van der Waals surface area contributed by atoms with Crippen molar-refractivity contribution < 1.29 is 14.7 Å². The summed E-state index contributed by atoms with van der Waals surface area (Å²) < 4.78 is 0. The van der Waals surface area contributed by atoms with Gasteiger partial charge in [0.15, 0.2) is 0 Å². The molecular formula is C10H12N2O3. The van der Waals surface area contributed by atoms with Crippen molar-refractivity contribution in [2.45, 2.75) is 13.3 Å². The number of pyridine rings is 1. The Morgan fingerprint density at radius 1 is 1.53 bits per heavy atom. The van der Waals surface area contributed by atoms with Crippen molar-refractivity contribution in [1.82, 2.24) is 10.3 Å². The normalized spacial score (nSPS) is 9.67. The van der Waals surface area contributed by atoms with Gasteiger partial charge in [-0.3, -0.25) is 14.6 Å². The molecule has 1 amide bonds. The van der Waals surface area contributed by atoms with Crippen molar-refractivity contribution in [3.8, 4) is 0 Å². The van der Waals surface area contributed by atoms with Crippen LogP contribution in [0.5, 0.6) is 0 Å². The molecule has 2 N–H and O–H groups in total. The summed E-state index contributed by atoms with van der Waals surface area (Å²) in [7, 11) is 0. The van der Waals surface area contributed by atoms with Gasteiger partial charge in [-0.05, 0) is 19.1 Å². The molecule has 0 aliphatic carbocycles. The van der Waals surface area contributed by atoms with E-state index in [1.807, 2.05) is 0 Å². The number of carbonyl (C=O) groups excluding carboxylic acids is 1. The number of amides is 1. The zero-order valence-electron chi connectivity index (χ0n) is 8.36. The lowest BCUT2D eigenvalue weighted by molar-refractivity contribution is -0.136. The molecule has 5 nitrogen and oxygen atoms in total. The monoisotopic (exact) mass is 208 g/mol. The molecule has 1 heterocycles. The number of nitrogens with zero attached hydrogens (tertiary/aromatic N) is 1. The van der Waals surface area contributed by atoms with E-state index in [9.17, 15) is 9.59 Å². The molecule has 80 valence electrons. The number of carboxylic acids is 1. The fourth-order valence-corrected chi connectivity index (χ4v) is 1.07. The molecule has 1 aromatic rings. The highest BCUT2D eigenvalue weighted by molar-refractivity contribution is 5.94. The van der Waals surface area contributed by atoms with Crippen LogP contribution in [0.2, 0.25) is 0 Å². The van der Waals surface area contributed by atoms with Crippen molar-refractivity contribution >= 4 is 11.9 Å². The Bertz CT molecular complexity index is 377. The average molecular weight is 208 g/mol. The first-order valence-electron chi connectivity index (χ1n) is 4.52. The van der Waals surface area contributed by atoms with E-state index in [1.165, 1.54) is 0 Å². The predicted octanol–water partition coefficient (Wildman–Crippen LogP) is 0.595. The van der Waals surface area contributed by atoms with E-state index in [0.29, 0.717) is 5.56 Å². The number of aryl methyl sites for hydroxylation is 1. The number of rotatable bonds is 4. The van der Waals surface area contributed by atoms with Gasteiger partial charge in [0.1, 0.15) is 0 Å². The molecule has 0 bridgehead atoms. The van der Waals surface area contributed by atoms with E-state index in [0.717, 1.165) is 5.69 Å². The smallest absolute Gasteiger partial charge is 0.305 e. The molecular weight excluding hydrogens is 196 g/mol. The maximum absolute atomic E-state index is 11.4. The molecule has 0 atom stereocenters. The Morgan fingerprint density at radius 2 is 2.27 bits per heavy atom. The standard InChI is InChI=1S/C10H12N2O3/c1-7-6-8(2-4-11-7)10(15)12-5-3-9(13)14/h2,4,6H,3,5H2,1H3,(H,12,15)(H,13,14). The van der Waals surface area contributed by atoms with Crippen LogP contribution in [0.25, 0.3) is 0 Å². The lowest BCUT2D eigenvalue weighted by Crippen LogP contribution is -2.26. The van der Waals surface area contributed by atoms with Crippen LogP contribution in [0.4, 0.5) is 0 Å². The summed E-state index contributed by atoms with van der Waals surface area (Å²) in [6, 6.07) is 3.24. The summed E-state index contributed by atoms with van der Waals surface area (Å²) in [5.74, 6) is -1.21. The summed E-state index contributed by atoms with van der Waals surface area (Å²) in [4.78, 5) is 25.6. The van der Waals surface area contributed by atoms with Gasteiger partial charge in [-0.1, -0.05) is 0 Å². The van der Waals surface area contributed by atoms with Crippen LogP contribution in [0, 0.1) is 6.92 Å². The van der Waals surface area contributed by atoms with Crippen molar-refractivity contribution in [1.29, 1.82) is 0 Å². The molecule has 0 spiro atoms. The number of aliphatic carboxylic acids is 1. The number of nitrogens with one attached hydrogen (secondary N) is 1. The van der Waals surface area contributed by atoms with E-state index in [-0.39, 0.29) is 18.9 Å². The molecule has 0 unspecified atom stereocenters. The highest BCUT2D eigenvalue weighted by Gasteiger charge is 2.05. The zero-order chi connectivity index (χ0) is 11.3. The van der Waals surface area contributed by atoms with Gasteiger partial charge < -0.3 is 10.4 Å². The van der Waals surface area contributed by atoms with Crippen molar-refractivity contribution in [2.24, 2.45) is 0 Å².